The van der Waals surface area contributed by atoms with Crippen molar-refractivity contribution < 1.29 is 4.79 Å². The number of carbonyl (C=O) groups excluding carboxylic acids is 1. The number of hydrogen-bond donors (Lipinski definition) is 1. The van der Waals surface area contributed by atoms with Gasteiger partial charge in [0.1, 0.15) is 0 Å². The third kappa shape index (κ3) is 4.27. The number of hydrogen-bond acceptors (Lipinski definition) is 5. The molecule has 8 nitrogen and oxygen atoms in total. The zero-order valence-corrected chi connectivity index (χ0v) is 19.3. The predicted molar refractivity (Wildman–Crippen MR) is 128 cm³/mol. The SMILES string of the molecule is CN1CCCCC1N(C(=O)c1ccc(-n2[nH]cc(-c3ccc(CC#N)cc3)c2=O)nc1)C1CC1. The summed E-state index contributed by atoms with van der Waals surface area (Å²) in [5.74, 6) is 0.443. The van der Waals surface area contributed by atoms with Gasteiger partial charge < -0.3 is 4.90 Å². The van der Waals surface area contributed by atoms with Gasteiger partial charge in [-0.05, 0) is 69.0 Å². The average molecular weight is 457 g/mol. The van der Waals surface area contributed by atoms with Crippen LogP contribution in [0.2, 0.25) is 0 Å². The molecule has 1 amide bonds. The highest BCUT2D eigenvalue weighted by Crippen LogP contribution is 2.33. The second-order valence-electron chi connectivity index (χ2n) is 9.17. The van der Waals surface area contributed by atoms with E-state index in [4.69, 9.17) is 5.26 Å². The van der Waals surface area contributed by atoms with Crippen LogP contribution in [0.3, 0.4) is 0 Å². The van der Waals surface area contributed by atoms with Crippen LogP contribution in [0.25, 0.3) is 16.9 Å². The van der Waals surface area contributed by atoms with E-state index in [1.54, 1.807) is 24.5 Å². The molecule has 1 saturated heterocycles. The fourth-order valence-corrected chi connectivity index (χ4v) is 4.74. The molecule has 3 heterocycles. The Morgan fingerprint density at radius 1 is 1.18 bits per heavy atom. The quantitative estimate of drug-likeness (QED) is 0.614. The largest absolute Gasteiger partial charge is 0.320 e. The smallest absolute Gasteiger partial charge is 0.280 e. The number of carbonyl (C=O) groups is 1. The lowest BCUT2D eigenvalue weighted by molar-refractivity contribution is 0.0215. The van der Waals surface area contributed by atoms with Gasteiger partial charge in [-0.15, -0.1) is 0 Å². The number of likely N-dealkylation sites (tertiary alicyclic amines) is 1. The Morgan fingerprint density at radius 3 is 2.62 bits per heavy atom. The first-order valence-corrected chi connectivity index (χ1v) is 11.8. The van der Waals surface area contributed by atoms with Crippen LogP contribution in [-0.2, 0) is 6.42 Å². The highest BCUT2D eigenvalue weighted by Gasteiger charge is 2.40. The zero-order chi connectivity index (χ0) is 23.7. The number of H-pyrrole nitrogens is 1. The van der Waals surface area contributed by atoms with Gasteiger partial charge in [0.15, 0.2) is 5.82 Å². The van der Waals surface area contributed by atoms with Crippen molar-refractivity contribution in [2.24, 2.45) is 0 Å². The Kier molecular flexibility index (Phi) is 6.03. The van der Waals surface area contributed by atoms with Crippen LogP contribution in [0.15, 0.2) is 53.6 Å². The summed E-state index contributed by atoms with van der Waals surface area (Å²) in [5, 5.41) is 11.8. The second-order valence-corrected chi connectivity index (χ2v) is 9.17. The maximum atomic E-state index is 13.4. The number of benzene rings is 1. The minimum Gasteiger partial charge on any atom is -0.320 e. The molecule has 1 N–H and O–H groups in total. The lowest BCUT2D eigenvalue weighted by atomic mass is 10.1. The molecule has 174 valence electrons. The van der Waals surface area contributed by atoms with Gasteiger partial charge in [0.2, 0.25) is 0 Å². The monoisotopic (exact) mass is 456 g/mol. The standard InChI is InChI=1S/C26H28N6O2/c1-30-15-3-2-4-24(30)31(21-10-11-21)25(33)20-9-12-23(28-16-20)32-26(34)22(17-29-32)19-7-5-18(6-8-19)13-14-27/h5-9,12,16-17,21,24,29H,2-4,10-11,13,15H2,1H3. The Hall–Kier alpha value is -3.70. The van der Waals surface area contributed by atoms with Crippen LogP contribution in [0.5, 0.6) is 0 Å². The first-order valence-electron chi connectivity index (χ1n) is 11.8. The Bertz CT molecular complexity index is 1260. The number of pyridine rings is 1. The molecule has 1 aliphatic heterocycles. The Balaban J connectivity index is 1.36. The molecule has 1 unspecified atom stereocenters. The molecule has 1 saturated carbocycles. The number of nitriles is 1. The average Bonchev–Trinajstić information content (AvgIpc) is 3.62. The lowest BCUT2D eigenvalue weighted by Gasteiger charge is -2.41. The number of aromatic amines is 1. The van der Waals surface area contributed by atoms with Crippen LogP contribution < -0.4 is 5.56 Å². The first-order chi connectivity index (χ1) is 16.6. The van der Waals surface area contributed by atoms with Crippen molar-refractivity contribution in [3.63, 3.8) is 0 Å². The third-order valence-electron chi connectivity index (χ3n) is 6.77. The van der Waals surface area contributed by atoms with Crippen molar-refractivity contribution in [3.05, 3.63) is 70.3 Å². The van der Waals surface area contributed by atoms with Gasteiger partial charge in [0.25, 0.3) is 11.5 Å². The van der Waals surface area contributed by atoms with Crippen molar-refractivity contribution in [2.45, 2.75) is 50.7 Å². The summed E-state index contributed by atoms with van der Waals surface area (Å²) in [6.07, 6.45) is 9.12. The maximum Gasteiger partial charge on any atom is 0.280 e. The molecule has 5 rings (SSSR count). The molecule has 3 aromatic rings. The number of aromatic nitrogens is 3. The normalized spacial score (nSPS) is 18.4. The van der Waals surface area contributed by atoms with Gasteiger partial charge in [0, 0.05) is 18.4 Å². The zero-order valence-electron chi connectivity index (χ0n) is 19.3. The minimum atomic E-state index is -0.219. The Labute approximate surface area is 198 Å². The molecule has 0 bridgehead atoms. The number of rotatable bonds is 6. The van der Waals surface area contributed by atoms with Crippen molar-refractivity contribution in [1.29, 1.82) is 5.26 Å². The molecule has 2 fully saturated rings. The Morgan fingerprint density at radius 2 is 1.97 bits per heavy atom. The summed E-state index contributed by atoms with van der Waals surface area (Å²) >= 11 is 0. The van der Waals surface area contributed by atoms with E-state index in [1.165, 1.54) is 11.1 Å². The van der Waals surface area contributed by atoms with E-state index in [-0.39, 0.29) is 17.6 Å². The van der Waals surface area contributed by atoms with Gasteiger partial charge in [-0.3, -0.25) is 19.6 Å². The summed E-state index contributed by atoms with van der Waals surface area (Å²) in [7, 11) is 2.10. The molecule has 1 aromatic carbocycles. The molecule has 34 heavy (non-hydrogen) atoms. The first kappa shape index (κ1) is 22.1. The van der Waals surface area contributed by atoms with Crippen molar-refractivity contribution in [3.8, 4) is 23.0 Å². The van der Waals surface area contributed by atoms with Crippen molar-refractivity contribution >= 4 is 5.91 Å². The van der Waals surface area contributed by atoms with Gasteiger partial charge >= 0.3 is 0 Å². The topological polar surface area (TPSA) is 98.0 Å². The van der Waals surface area contributed by atoms with E-state index >= 15 is 0 Å². The summed E-state index contributed by atoms with van der Waals surface area (Å²) in [5.41, 5.74) is 2.52. The van der Waals surface area contributed by atoms with E-state index in [2.05, 4.69) is 28.1 Å². The lowest BCUT2D eigenvalue weighted by Crippen LogP contribution is -2.52. The number of nitrogens with zero attached hydrogens (tertiary/aromatic N) is 5. The molecule has 0 radical (unpaired) electrons. The molecule has 2 aliphatic rings. The minimum absolute atomic E-state index is 0.0114. The number of nitrogens with one attached hydrogen (secondary N) is 1. The van der Waals surface area contributed by atoms with Crippen LogP contribution in [0, 0.1) is 11.3 Å². The van der Waals surface area contributed by atoms with Crippen LogP contribution in [0.4, 0.5) is 0 Å². The predicted octanol–water partition coefficient (Wildman–Crippen LogP) is 3.34. The van der Waals surface area contributed by atoms with E-state index in [0.29, 0.717) is 29.4 Å². The molecular formula is C26H28N6O2. The van der Waals surface area contributed by atoms with E-state index in [0.717, 1.165) is 43.4 Å². The summed E-state index contributed by atoms with van der Waals surface area (Å²) in [6, 6.07) is 13.3. The molecular weight excluding hydrogens is 428 g/mol. The third-order valence-corrected chi connectivity index (χ3v) is 6.77. The molecule has 2 aromatic heterocycles. The molecule has 8 heteroatoms. The van der Waals surface area contributed by atoms with Gasteiger partial charge in [-0.1, -0.05) is 24.3 Å². The summed E-state index contributed by atoms with van der Waals surface area (Å²) < 4.78 is 1.38. The van der Waals surface area contributed by atoms with Gasteiger partial charge in [0.05, 0.1) is 29.8 Å². The van der Waals surface area contributed by atoms with Crippen molar-refractivity contribution in [2.75, 3.05) is 13.6 Å². The van der Waals surface area contributed by atoms with Gasteiger partial charge in [-0.25, -0.2) is 9.67 Å². The highest BCUT2D eigenvalue weighted by molar-refractivity contribution is 5.94. The molecule has 1 atom stereocenters. The van der Waals surface area contributed by atoms with E-state index < -0.39 is 0 Å². The fourth-order valence-electron chi connectivity index (χ4n) is 4.74. The second kappa shape index (κ2) is 9.27. The number of amides is 1. The van der Waals surface area contributed by atoms with E-state index in [1.807, 2.05) is 29.2 Å². The maximum absolute atomic E-state index is 13.4. The number of piperidine rings is 1. The van der Waals surface area contributed by atoms with Crippen LogP contribution in [-0.4, -0.2) is 56.3 Å². The highest BCUT2D eigenvalue weighted by atomic mass is 16.2. The fraction of sp³-hybridized carbons (Fsp3) is 0.385. The summed E-state index contributed by atoms with van der Waals surface area (Å²) in [4.78, 5) is 35.2. The molecule has 0 spiro atoms. The van der Waals surface area contributed by atoms with Gasteiger partial charge in [-0.2, -0.15) is 5.26 Å². The summed E-state index contributed by atoms with van der Waals surface area (Å²) in [6.45, 7) is 1.01. The van der Waals surface area contributed by atoms with E-state index in [9.17, 15) is 9.59 Å². The van der Waals surface area contributed by atoms with Crippen LogP contribution >= 0.6 is 0 Å². The van der Waals surface area contributed by atoms with Crippen molar-refractivity contribution in [1.82, 2.24) is 24.6 Å². The van der Waals surface area contributed by atoms with Crippen LogP contribution in [0.1, 0.15) is 48.0 Å². The molecule has 1 aliphatic carbocycles.